The van der Waals surface area contributed by atoms with E-state index in [4.69, 9.17) is 4.74 Å². The average Bonchev–Trinajstić information content (AvgIpc) is 2.96. The molecule has 3 rings (SSSR count). The number of carbonyl (C=O) groups excluding carboxylic acids is 2. The highest BCUT2D eigenvalue weighted by molar-refractivity contribution is 7.92. The first-order valence-electron chi connectivity index (χ1n) is 13.6. The summed E-state index contributed by atoms with van der Waals surface area (Å²) in [5, 5.41) is 2.85. The molecule has 0 aliphatic heterocycles. The molecule has 0 heterocycles. The maximum atomic E-state index is 13.9. The summed E-state index contributed by atoms with van der Waals surface area (Å²) in [5.41, 5.74) is 2.33. The van der Waals surface area contributed by atoms with Crippen LogP contribution >= 0.6 is 0 Å². The van der Waals surface area contributed by atoms with Gasteiger partial charge in [0, 0.05) is 13.1 Å². The Morgan fingerprint density at radius 2 is 1.57 bits per heavy atom. The Bertz CT molecular complexity index is 1340. The van der Waals surface area contributed by atoms with Crippen LogP contribution in [0, 0.1) is 6.92 Å². The van der Waals surface area contributed by atoms with Gasteiger partial charge >= 0.3 is 0 Å². The number of sulfonamides is 1. The minimum Gasteiger partial charge on any atom is -0.494 e. The van der Waals surface area contributed by atoms with Crippen LogP contribution in [-0.4, -0.2) is 57.4 Å². The number of benzene rings is 3. The van der Waals surface area contributed by atoms with Crippen molar-refractivity contribution in [2.75, 3.05) is 30.5 Å². The second kappa shape index (κ2) is 14.5. The number of nitrogens with one attached hydrogen (secondary N) is 1. The fraction of sp³-hybridized carbons (Fsp3) is 0.355. The third kappa shape index (κ3) is 8.08. The molecule has 1 atom stereocenters. The Balaban J connectivity index is 1.95. The summed E-state index contributed by atoms with van der Waals surface area (Å²) >= 11 is 0. The topological polar surface area (TPSA) is 96.0 Å². The molecule has 214 valence electrons. The number of hydrogen-bond acceptors (Lipinski definition) is 5. The van der Waals surface area contributed by atoms with Crippen molar-refractivity contribution < 1.29 is 22.7 Å². The summed E-state index contributed by atoms with van der Waals surface area (Å²) in [4.78, 5) is 28.3. The monoisotopic (exact) mass is 565 g/mol. The largest absolute Gasteiger partial charge is 0.494 e. The van der Waals surface area contributed by atoms with Gasteiger partial charge in [0.05, 0.1) is 17.2 Å². The minimum absolute atomic E-state index is 0.0360. The van der Waals surface area contributed by atoms with Crippen molar-refractivity contribution in [1.29, 1.82) is 0 Å². The second-order valence-corrected chi connectivity index (χ2v) is 11.4. The molecule has 0 aliphatic carbocycles. The molecule has 0 aliphatic rings. The van der Waals surface area contributed by atoms with Crippen LogP contribution in [0.3, 0.4) is 0 Å². The van der Waals surface area contributed by atoms with Gasteiger partial charge in [-0.3, -0.25) is 13.9 Å². The summed E-state index contributed by atoms with van der Waals surface area (Å²) in [6.07, 6.45) is 1.28. The van der Waals surface area contributed by atoms with Crippen LogP contribution in [0.25, 0.3) is 0 Å². The molecule has 1 N–H and O–H groups in total. The summed E-state index contributed by atoms with van der Waals surface area (Å²) < 4.78 is 34.4. The van der Waals surface area contributed by atoms with Crippen molar-refractivity contribution in [3.8, 4) is 5.75 Å². The van der Waals surface area contributed by atoms with E-state index in [0.29, 0.717) is 31.0 Å². The van der Waals surface area contributed by atoms with Crippen molar-refractivity contribution >= 4 is 27.5 Å². The lowest BCUT2D eigenvalue weighted by molar-refractivity contribution is -0.138. The first kappa shape index (κ1) is 30.7. The molecular weight excluding hydrogens is 526 g/mol. The van der Waals surface area contributed by atoms with Crippen LogP contribution in [0.2, 0.25) is 0 Å². The van der Waals surface area contributed by atoms with Gasteiger partial charge in [0.25, 0.3) is 10.0 Å². The van der Waals surface area contributed by atoms with Gasteiger partial charge in [-0.15, -0.1) is 0 Å². The Hall–Kier alpha value is -3.85. The number of anilines is 1. The highest BCUT2D eigenvalue weighted by Crippen LogP contribution is 2.26. The lowest BCUT2D eigenvalue weighted by Crippen LogP contribution is -2.52. The minimum atomic E-state index is -4.12. The van der Waals surface area contributed by atoms with Crippen LogP contribution in [0.5, 0.6) is 5.75 Å². The zero-order chi connectivity index (χ0) is 29.1. The third-order valence-corrected chi connectivity index (χ3v) is 8.31. The maximum Gasteiger partial charge on any atom is 0.264 e. The average molecular weight is 566 g/mol. The van der Waals surface area contributed by atoms with E-state index >= 15 is 0 Å². The van der Waals surface area contributed by atoms with Gasteiger partial charge in [0.1, 0.15) is 18.3 Å². The Kier molecular flexibility index (Phi) is 11.1. The number of carbonyl (C=O) groups is 2. The van der Waals surface area contributed by atoms with Crippen LogP contribution in [0.15, 0.2) is 83.8 Å². The van der Waals surface area contributed by atoms with E-state index in [2.05, 4.69) is 5.32 Å². The molecule has 3 aromatic rings. The van der Waals surface area contributed by atoms with Crippen molar-refractivity contribution in [2.24, 2.45) is 0 Å². The Labute approximate surface area is 238 Å². The van der Waals surface area contributed by atoms with E-state index in [0.717, 1.165) is 21.9 Å². The fourth-order valence-corrected chi connectivity index (χ4v) is 5.62. The summed E-state index contributed by atoms with van der Waals surface area (Å²) in [5.74, 6) is -0.192. The van der Waals surface area contributed by atoms with Gasteiger partial charge in [0.2, 0.25) is 11.8 Å². The van der Waals surface area contributed by atoms with Crippen molar-refractivity contribution in [1.82, 2.24) is 10.2 Å². The summed E-state index contributed by atoms with van der Waals surface area (Å²) in [7, 11) is -4.12. The highest BCUT2D eigenvalue weighted by atomic mass is 32.2. The van der Waals surface area contributed by atoms with E-state index in [9.17, 15) is 18.0 Å². The van der Waals surface area contributed by atoms with Crippen molar-refractivity contribution in [2.45, 2.75) is 51.5 Å². The quantitative estimate of drug-likeness (QED) is 0.309. The molecule has 0 fully saturated rings. The second-order valence-electron chi connectivity index (χ2n) is 9.54. The first-order chi connectivity index (χ1) is 19.2. The smallest absolute Gasteiger partial charge is 0.264 e. The molecule has 0 radical (unpaired) electrons. The van der Waals surface area contributed by atoms with E-state index in [1.807, 2.05) is 51.1 Å². The number of amides is 2. The van der Waals surface area contributed by atoms with Crippen LogP contribution in [0.4, 0.5) is 5.69 Å². The van der Waals surface area contributed by atoms with Gasteiger partial charge < -0.3 is 15.0 Å². The van der Waals surface area contributed by atoms with Gasteiger partial charge in [-0.1, -0.05) is 55.0 Å². The molecule has 0 spiro atoms. The Morgan fingerprint density at radius 1 is 0.925 bits per heavy atom. The number of ether oxygens (including phenoxy) is 1. The van der Waals surface area contributed by atoms with E-state index in [-0.39, 0.29) is 17.3 Å². The van der Waals surface area contributed by atoms with Gasteiger partial charge in [-0.2, -0.15) is 0 Å². The van der Waals surface area contributed by atoms with E-state index in [1.165, 1.54) is 17.0 Å². The lowest BCUT2D eigenvalue weighted by Gasteiger charge is -2.32. The summed E-state index contributed by atoms with van der Waals surface area (Å²) in [6, 6.07) is 22.0. The normalized spacial score (nSPS) is 11.9. The van der Waals surface area contributed by atoms with Crippen molar-refractivity contribution in [3.63, 3.8) is 0 Å². The molecule has 40 heavy (non-hydrogen) atoms. The van der Waals surface area contributed by atoms with Crippen LogP contribution in [-0.2, 0) is 26.0 Å². The molecule has 2 amide bonds. The standard InChI is InChI=1S/C31H39N3O5S/c1-5-21-32-31(36)25(4)33(22-20-26-10-8-7-9-11-26)30(35)23-34(27-14-12-24(3)13-15-27)40(37,38)29-18-16-28(17-19-29)39-6-2/h7-19,25H,5-6,20-23H2,1-4H3,(H,32,36). The van der Waals surface area contributed by atoms with E-state index in [1.54, 1.807) is 43.3 Å². The Morgan fingerprint density at radius 3 is 2.17 bits per heavy atom. The predicted octanol–water partition coefficient (Wildman–Crippen LogP) is 4.58. The molecule has 0 saturated carbocycles. The van der Waals surface area contributed by atoms with Gasteiger partial charge in [-0.25, -0.2) is 8.42 Å². The van der Waals surface area contributed by atoms with Gasteiger partial charge in [0.15, 0.2) is 0 Å². The molecule has 0 bridgehead atoms. The maximum absolute atomic E-state index is 13.9. The molecular formula is C31H39N3O5S. The zero-order valence-electron chi connectivity index (χ0n) is 23.7. The molecule has 9 heteroatoms. The van der Waals surface area contributed by atoms with Crippen LogP contribution < -0.4 is 14.4 Å². The predicted molar refractivity (Wildman–Crippen MR) is 158 cm³/mol. The molecule has 0 aromatic heterocycles. The number of rotatable bonds is 14. The fourth-order valence-electron chi connectivity index (χ4n) is 4.21. The molecule has 3 aromatic carbocycles. The third-order valence-electron chi connectivity index (χ3n) is 6.52. The van der Waals surface area contributed by atoms with E-state index < -0.39 is 28.5 Å². The SMILES string of the molecule is CCCNC(=O)C(C)N(CCc1ccccc1)C(=O)CN(c1ccc(C)cc1)S(=O)(=O)c1ccc(OCC)cc1. The van der Waals surface area contributed by atoms with Crippen LogP contribution in [0.1, 0.15) is 38.3 Å². The molecule has 1 unspecified atom stereocenters. The number of nitrogens with zero attached hydrogens (tertiary/aromatic N) is 2. The van der Waals surface area contributed by atoms with Crippen molar-refractivity contribution in [3.05, 3.63) is 90.0 Å². The molecule has 0 saturated heterocycles. The molecule has 8 nitrogen and oxygen atoms in total. The first-order valence-corrected chi connectivity index (χ1v) is 15.0. The number of hydrogen-bond donors (Lipinski definition) is 1. The highest BCUT2D eigenvalue weighted by Gasteiger charge is 2.32. The lowest BCUT2D eigenvalue weighted by atomic mass is 10.1. The zero-order valence-corrected chi connectivity index (χ0v) is 24.5. The summed E-state index contributed by atoms with van der Waals surface area (Å²) in [6.45, 7) is 8.13. The van der Waals surface area contributed by atoms with Gasteiger partial charge in [-0.05, 0) is 75.6 Å². The number of aryl methyl sites for hydroxylation is 1.